The summed E-state index contributed by atoms with van der Waals surface area (Å²) in [6, 6.07) is 1.16. The number of nitrogen functional groups attached to an aromatic ring is 1. The van der Waals surface area contributed by atoms with Crippen molar-refractivity contribution in [2.75, 3.05) is 18.8 Å². The highest BCUT2D eigenvalue weighted by Crippen LogP contribution is 2.41. The lowest BCUT2D eigenvalue weighted by Crippen LogP contribution is -2.44. The zero-order chi connectivity index (χ0) is 16.5. The number of carbonyl (C=O) groups is 1. The first-order valence-electron chi connectivity index (χ1n) is 6.28. The van der Waals surface area contributed by atoms with E-state index in [2.05, 4.69) is 10.3 Å². The molecule has 0 radical (unpaired) electrons. The summed E-state index contributed by atoms with van der Waals surface area (Å²) in [5, 5.41) is 12.1. The van der Waals surface area contributed by atoms with E-state index in [4.69, 9.17) is 16.2 Å². The summed E-state index contributed by atoms with van der Waals surface area (Å²) in [6.07, 6.45) is -4.51. The van der Waals surface area contributed by atoms with Gasteiger partial charge in [0.2, 0.25) is 12.1 Å². The number of nitrogens with two attached hydrogens (primary N) is 2. The third kappa shape index (κ3) is 3.05. The molecule has 1 saturated heterocycles. The van der Waals surface area contributed by atoms with Crippen molar-refractivity contribution >= 4 is 11.7 Å². The lowest BCUT2D eigenvalue weighted by Gasteiger charge is -2.20. The number of nitrogens with one attached hydrogen (secondary N) is 1. The maximum absolute atomic E-state index is 14.1. The van der Waals surface area contributed by atoms with Gasteiger partial charge in [-0.3, -0.25) is 9.36 Å². The molecule has 2 rings (SSSR count). The summed E-state index contributed by atoms with van der Waals surface area (Å²) < 4.78 is 33.8. The quantitative estimate of drug-likeness (QED) is 0.481. The van der Waals surface area contributed by atoms with E-state index in [1.165, 1.54) is 0 Å². The first-order valence-corrected chi connectivity index (χ1v) is 6.28. The van der Waals surface area contributed by atoms with E-state index in [1.54, 1.807) is 0 Å². The molecule has 11 heteroatoms. The van der Waals surface area contributed by atoms with Crippen LogP contribution in [-0.2, 0) is 9.53 Å². The SMILES string of the molecule is NC(=O)CNC[C@H]1O[C@@H](n2ccc(N)nc2=O)C(F)(F)[C@@H]1O. The number of alkyl halides is 2. The Kier molecular flexibility index (Phi) is 4.39. The molecule has 6 N–H and O–H groups in total. The van der Waals surface area contributed by atoms with Crippen LogP contribution in [0.15, 0.2) is 17.1 Å². The molecular weight excluding hydrogens is 304 g/mol. The van der Waals surface area contributed by atoms with Gasteiger partial charge < -0.3 is 26.6 Å². The van der Waals surface area contributed by atoms with E-state index < -0.39 is 36.0 Å². The highest BCUT2D eigenvalue weighted by atomic mass is 19.3. The smallest absolute Gasteiger partial charge is 0.351 e. The standard InChI is InChI=1S/C11H15F2N5O4/c12-11(13)8(20)5(3-16-4-7(15)19)22-9(11)18-2-1-6(14)17-10(18)21/h1-2,5,8-9,16,20H,3-4H2,(H2,15,19)(H2,14,17,21)/t5-,8-,9-/m1/s1. The summed E-state index contributed by atoms with van der Waals surface area (Å²) in [4.78, 5) is 25.6. The van der Waals surface area contributed by atoms with Crippen LogP contribution in [0.5, 0.6) is 0 Å². The molecule has 0 spiro atoms. The van der Waals surface area contributed by atoms with Gasteiger partial charge in [-0.05, 0) is 6.07 Å². The molecule has 3 atom stereocenters. The topological polar surface area (TPSA) is 145 Å². The molecule has 0 bridgehead atoms. The maximum Gasteiger partial charge on any atom is 0.351 e. The Morgan fingerprint density at radius 2 is 2.27 bits per heavy atom. The van der Waals surface area contributed by atoms with Gasteiger partial charge in [0.25, 0.3) is 0 Å². The average Bonchev–Trinajstić information content (AvgIpc) is 2.62. The van der Waals surface area contributed by atoms with Crippen LogP contribution in [-0.4, -0.2) is 51.8 Å². The number of amides is 1. The minimum absolute atomic E-state index is 0.122. The molecule has 1 aliphatic heterocycles. The molecule has 0 unspecified atom stereocenters. The zero-order valence-electron chi connectivity index (χ0n) is 11.3. The van der Waals surface area contributed by atoms with E-state index in [9.17, 15) is 23.5 Å². The average molecular weight is 319 g/mol. The number of aliphatic hydroxyl groups is 1. The summed E-state index contributed by atoms with van der Waals surface area (Å²) >= 11 is 0. The Hall–Kier alpha value is -2.11. The first-order chi connectivity index (χ1) is 10.2. The molecule has 1 fully saturated rings. The fourth-order valence-electron chi connectivity index (χ4n) is 2.08. The number of rotatable bonds is 5. The molecule has 9 nitrogen and oxygen atoms in total. The largest absolute Gasteiger partial charge is 0.384 e. The molecular formula is C11H15F2N5O4. The van der Waals surface area contributed by atoms with Crippen LogP contribution < -0.4 is 22.5 Å². The minimum Gasteiger partial charge on any atom is -0.384 e. The molecule has 0 saturated carbocycles. The van der Waals surface area contributed by atoms with E-state index in [0.717, 1.165) is 12.3 Å². The van der Waals surface area contributed by atoms with E-state index in [0.29, 0.717) is 4.57 Å². The van der Waals surface area contributed by atoms with Crippen LogP contribution in [0.4, 0.5) is 14.6 Å². The van der Waals surface area contributed by atoms with Crippen molar-refractivity contribution in [3.8, 4) is 0 Å². The van der Waals surface area contributed by atoms with E-state index >= 15 is 0 Å². The summed E-state index contributed by atoms with van der Waals surface area (Å²) in [7, 11) is 0. The number of halogens is 2. The van der Waals surface area contributed by atoms with Gasteiger partial charge in [-0.15, -0.1) is 0 Å². The second kappa shape index (κ2) is 5.94. The Bertz CT molecular complexity index is 623. The summed E-state index contributed by atoms with van der Waals surface area (Å²) in [5.74, 6) is -4.53. The van der Waals surface area contributed by atoms with Gasteiger partial charge in [-0.1, -0.05) is 0 Å². The predicted octanol–water partition coefficient (Wildman–Crippen LogP) is -2.21. The Morgan fingerprint density at radius 3 is 2.86 bits per heavy atom. The lowest BCUT2D eigenvalue weighted by atomic mass is 10.1. The van der Waals surface area contributed by atoms with Gasteiger partial charge in [-0.2, -0.15) is 13.8 Å². The molecule has 2 heterocycles. The third-order valence-corrected chi connectivity index (χ3v) is 3.13. The number of primary amides is 1. The molecule has 1 aliphatic rings. The van der Waals surface area contributed by atoms with Crippen LogP contribution >= 0.6 is 0 Å². The van der Waals surface area contributed by atoms with Crippen LogP contribution in [0.3, 0.4) is 0 Å². The van der Waals surface area contributed by atoms with Crippen molar-refractivity contribution < 1.29 is 23.4 Å². The van der Waals surface area contributed by atoms with Crippen molar-refractivity contribution in [1.29, 1.82) is 0 Å². The normalized spacial score (nSPS) is 27.0. The minimum atomic E-state index is -3.72. The van der Waals surface area contributed by atoms with Crippen molar-refractivity contribution in [2.45, 2.75) is 24.4 Å². The number of nitrogens with zero attached hydrogens (tertiary/aromatic N) is 2. The number of carbonyl (C=O) groups excluding carboxylic acids is 1. The Morgan fingerprint density at radius 1 is 1.59 bits per heavy atom. The molecule has 122 valence electrons. The number of hydrogen-bond donors (Lipinski definition) is 4. The molecule has 1 amide bonds. The Labute approximate surface area is 122 Å². The number of aromatic nitrogens is 2. The van der Waals surface area contributed by atoms with Crippen molar-refractivity contribution in [1.82, 2.24) is 14.9 Å². The van der Waals surface area contributed by atoms with Crippen molar-refractivity contribution in [2.24, 2.45) is 5.73 Å². The zero-order valence-corrected chi connectivity index (χ0v) is 11.3. The Balaban J connectivity index is 2.18. The van der Waals surface area contributed by atoms with Crippen LogP contribution in [0.1, 0.15) is 6.23 Å². The number of aliphatic hydroxyl groups excluding tert-OH is 1. The van der Waals surface area contributed by atoms with Gasteiger partial charge in [0, 0.05) is 12.7 Å². The highest BCUT2D eigenvalue weighted by molar-refractivity contribution is 5.75. The molecule has 1 aromatic heterocycles. The summed E-state index contributed by atoms with van der Waals surface area (Å²) in [6.45, 7) is -0.500. The fourth-order valence-corrected chi connectivity index (χ4v) is 2.08. The first kappa shape index (κ1) is 16.3. The highest BCUT2D eigenvalue weighted by Gasteiger charge is 2.59. The van der Waals surface area contributed by atoms with Crippen LogP contribution in [0.25, 0.3) is 0 Å². The molecule has 22 heavy (non-hydrogen) atoms. The number of hydrogen-bond acceptors (Lipinski definition) is 7. The van der Waals surface area contributed by atoms with Crippen molar-refractivity contribution in [3.63, 3.8) is 0 Å². The summed E-state index contributed by atoms with van der Waals surface area (Å²) in [5.41, 5.74) is 9.16. The van der Waals surface area contributed by atoms with E-state index in [-0.39, 0.29) is 18.9 Å². The number of anilines is 1. The van der Waals surface area contributed by atoms with Gasteiger partial charge >= 0.3 is 11.6 Å². The van der Waals surface area contributed by atoms with Crippen LogP contribution in [0, 0.1) is 0 Å². The van der Waals surface area contributed by atoms with Crippen LogP contribution in [0.2, 0.25) is 0 Å². The monoisotopic (exact) mass is 319 g/mol. The maximum atomic E-state index is 14.1. The molecule has 0 aliphatic carbocycles. The van der Waals surface area contributed by atoms with Crippen molar-refractivity contribution in [3.05, 3.63) is 22.7 Å². The predicted molar refractivity (Wildman–Crippen MR) is 69.8 cm³/mol. The van der Waals surface area contributed by atoms with Gasteiger partial charge in [0.15, 0.2) is 0 Å². The van der Waals surface area contributed by atoms with Gasteiger partial charge in [0.1, 0.15) is 18.0 Å². The second-order valence-corrected chi connectivity index (χ2v) is 4.79. The second-order valence-electron chi connectivity index (χ2n) is 4.79. The molecule has 1 aromatic rings. The number of ether oxygens (including phenoxy) is 1. The lowest BCUT2D eigenvalue weighted by molar-refractivity contribution is -0.140. The van der Waals surface area contributed by atoms with Gasteiger partial charge in [0.05, 0.1) is 6.54 Å². The van der Waals surface area contributed by atoms with Gasteiger partial charge in [-0.25, -0.2) is 4.79 Å². The third-order valence-electron chi connectivity index (χ3n) is 3.13. The fraction of sp³-hybridized carbons (Fsp3) is 0.545. The van der Waals surface area contributed by atoms with E-state index in [1.807, 2.05) is 0 Å². The molecule has 0 aromatic carbocycles.